The van der Waals surface area contributed by atoms with Crippen LogP contribution < -0.4 is 10.6 Å². The van der Waals surface area contributed by atoms with Gasteiger partial charge in [-0.25, -0.2) is 4.79 Å². The van der Waals surface area contributed by atoms with Crippen molar-refractivity contribution in [2.75, 3.05) is 18.4 Å². The number of anilines is 1. The van der Waals surface area contributed by atoms with E-state index in [1.54, 1.807) is 11.1 Å². The Morgan fingerprint density at radius 2 is 1.60 bits per heavy atom. The first-order valence-corrected chi connectivity index (χ1v) is 12.3. The molecule has 2 heterocycles. The lowest BCUT2D eigenvalue weighted by Crippen LogP contribution is -2.45. The number of amides is 3. The molecule has 3 amide bonds. The maximum atomic E-state index is 13.3. The fourth-order valence-electron chi connectivity index (χ4n) is 4.51. The molecule has 4 rings (SSSR count). The lowest BCUT2D eigenvalue weighted by molar-refractivity contribution is -0.126. The van der Waals surface area contributed by atoms with Gasteiger partial charge in [0, 0.05) is 30.9 Å². The molecule has 1 aliphatic rings. The number of likely N-dealkylation sites (tertiary alicyclic amines) is 1. The Hall–Kier alpha value is -3.67. The highest BCUT2D eigenvalue weighted by atomic mass is 16.2. The van der Waals surface area contributed by atoms with E-state index in [-0.39, 0.29) is 23.9 Å². The summed E-state index contributed by atoms with van der Waals surface area (Å²) in [6, 6.07) is 21.4. The highest BCUT2D eigenvalue weighted by molar-refractivity contribution is 5.89. The first kappa shape index (κ1) is 24.5. The summed E-state index contributed by atoms with van der Waals surface area (Å²) in [5.41, 5.74) is 4.92. The van der Waals surface area contributed by atoms with Gasteiger partial charge in [0.15, 0.2) is 0 Å². The number of aromatic nitrogens is 1. The van der Waals surface area contributed by atoms with E-state index in [1.807, 2.05) is 73.7 Å². The Balaban J connectivity index is 1.36. The zero-order valence-electron chi connectivity index (χ0n) is 20.7. The Bertz CT molecular complexity index is 1140. The van der Waals surface area contributed by atoms with Crippen LogP contribution in [0.3, 0.4) is 0 Å². The van der Waals surface area contributed by atoms with Crippen LogP contribution in [0.5, 0.6) is 0 Å². The third-order valence-electron chi connectivity index (χ3n) is 6.72. The fourth-order valence-corrected chi connectivity index (χ4v) is 4.51. The van der Waals surface area contributed by atoms with Crippen molar-refractivity contribution < 1.29 is 9.59 Å². The summed E-state index contributed by atoms with van der Waals surface area (Å²) in [6.45, 7) is 7.40. The number of nitrogens with zero attached hydrogens (tertiary/aromatic N) is 2. The number of carbonyl (C=O) groups excluding carboxylic acids is 2. The number of pyridine rings is 1. The summed E-state index contributed by atoms with van der Waals surface area (Å²) in [6.07, 6.45) is 3.03. The lowest BCUT2D eigenvalue weighted by atomic mass is 9.94. The normalized spacial score (nSPS) is 15.0. The molecule has 0 aliphatic carbocycles. The molecule has 6 nitrogen and oxygen atoms in total. The van der Waals surface area contributed by atoms with Gasteiger partial charge in [-0.15, -0.1) is 0 Å². The van der Waals surface area contributed by atoms with Gasteiger partial charge in [-0.2, -0.15) is 0 Å². The highest BCUT2D eigenvalue weighted by Gasteiger charge is 2.30. The molecule has 0 saturated carbocycles. The monoisotopic (exact) mass is 470 g/mol. The summed E-state index contributed by atoms with van der Waals surface area (Å²) in [5.74, 6) is 0.320. The molecule has 1 unspecified atom stereocenters. The van der Waals surface area contributed by atoms with Crippen molar-refractivity contribution in [3.05, 3.63) is 95.3 Å². The second-order valence-corrected chi connectivity index (χ2v) is 9.53. The Kier molecular flexibility index (Phi) is 7.80. The number of benzene rings is 2. The van der Waals surface area contributed by atoms with E-state index in [9.17, 15) is 9.59 Å². The molecule has 1 fully saturated rings. The summed E-state index contributed by atoms with van der Waals surface area (Å²) in [4.78, 5) is 32.4. The molecule has 3 aromatic rings. The lowest BCUT2D eigenvalue weighted by Gasteiger charge is -2.32. The molecule has 2 N–H and O–H groups in total. The summed E-state index contributed by atoms with van der Waals surface area (Å²) in [7, 11) is 0. The third-order valence-corrected chi connectivity index (χ3v) is 6.72. The largest absolute Gasteiger partial charge is 0.343 e. The summed E-state index contributed by atoms with van der Waals surface area (Å²) < 4.78 is 0. The van der Waals surface area contributed by atoms with Gasteiger partial charge in [0.05, 0.1) is 11.7 Å². The van der Waals surface area contributed by atoms with E-state index in [1.165, 1.54) is 5.56 Å². The minimum atomic E-state index is -0.306. The second-order valence-electron chi connectivity index (χ2n) is 9.53. The number of rotatable bonds is 6. The minimum Gasteiger partial charge on any atom is -0.343 e. The van der Waals surface area contributed by atoms with Crippen molar-refractivity contribution in [2.24, 2.45) is 5.92 Å². The second kappa shape index (κ2) is 11.2. The molecule has 0 bridgehead atoms. The molecule has 1 atom stereocenters. The van der Waals surface area contributed by atoms with Crippen molar-refractivity contribution in [1.82, 2.24) is 15.2 Å². The number of urea groups is 1. The number of piperidine rings is 1. The van der Waals surface area contributed by atoms with Gasteiger partial charge in [-0.05, 0) is 60.6 Å². The van der Waals surface area contributed by atoms with Crippen LogP contribution in [0, 0.1) is 12.8 Å². The van der Waals surface area contributed by atoms with Gasteiger partial charge >= 0.3 is 6.03 Å². The van der Waals surface area contributed by atoms with Crippen LogP contribution in [0.25, 0.3) is 0 Å². The number of hydrogen-bond acceptors (Lipinski definition) is 3. The zero-order chi connectivity index (χ0) is 24.8. The van der Waals surface area contributed by atoms with Crippen LogP contribution in [0.4, 0.5) is 10.5 Å². The molecular weight excluding hydrogens is 436 g/mol. The molecule has 0 radical (unpaired) electrons. The van der Waals surface area contributed by atoms with Crippen LogP contribution in [-0.2, 0) is 4.79 Å². The van der Waals surface area contributed by atoms with Gasteiger partial charge in [-0.3, -0.25) is 9.78 Å². The van der Waals surface area contributed by atoms with Crippen LogP contribution in [0.15, 0.2) is 72.9 Å². The third kappa shape index (κ3) is 6.07. The molecule has 1 aliphatic heterocycles. The first-order chi connectivity index (χ1) is 16.9. The van der Waals surface area contributed by atoms with E-state index in [0.29, 0.717) is 31.8 Å². The zero-order valence-corrected chi connectivity index (χ0v) is 20.7. The fraction of sp³-hybridized carbons (Fsp3) is 0.345. The average molecular weight is 471 g/mol. The van der Waals surface area contributed by atoms with E-state index in [4.69, 9.17) is 0 Å². The van der Waals surface area contributed by atoms with E-state index in [0.717, 1.165) is 22.5 Å². The molecule has 2 aromatic carbocycles. The topological polar surface area (TPSA) is 74.3 Å². The van der Waals surface area contributed by atoms with Crippen molar-refractivity contribution >= 4 is 17.6 Å². The molecular formula is C29H34N4O2. The van der Waals surface area contributed by atoms with E-state index >= 15 is 0 Å². The van der Waals surface area contributed by atoms with Crippen molar-refractivity contribution in [2.45, 2.75) is 45.6 Å². The number of aryl methyl sites for hydroxylation is 1. The van der Waals surface area contributed by atoms with Gasteiger partial charge in [-0.1, -0.05) is 62.4 Å². The van der Waals surface area contributed by atoms with E-state index < -0.39 is 0 Å². The molecule has 182 valence electrons. The predicted molar refractivity (Wildman–Crippen MR) is 139 cm³/mol. The Morgan fingerprint density at radius 3 is 2.23 bits per heavy atom. The molecule has 1 aromatic heterocycles. The maximum Gasteiger partial charge on any atom is 0.321 e. The van der Waals surface area contributed by atoms with Crippen LogP contribution in [0.2, 0.25) is 0 Å². The predicted octanol–water partition coefficient (Wildman–Crippen LogP) is 5.66. The Labute approximate surface area is 207 Å². The molecule has 35 heavy (non-hydrogen) atoms. The van der Waals surface area contributed by atoms with Crippen molar-refractivity contribution in [1.29, 1.82) is 0 Å². The van der Waals surface area contributed by atoms with Gasteiger partial charge < -0.3 is 15.5 Å². The SMILES string of the molecule is Cc1cccnc1C(NC(=O)C1CCN(C(=O)Nc2ccc(C(C)C)cc2)CC1)c1ccccc1. The highest BCUT2D eigenvalue weighted by Crippen LogP contribution is 2.26. The molecule has 6 heteroatoms. The first-order valence-electron chi connectivity index (χ1n) is 12.3. The smallest absolute Gasteiger partial charge is 0.321 e. The van der Waals surface area contributed by atoms with Crippen molar-refractivity contribution in [3.8, 4) is 0 Å². The van der Waals surface area contributed by atoms with Gasteiger partial charge in [0.25, 0.3) is 0 Å². The number of nitrogens with one attached hydrogen (secondary N) is 2. The number of carbonyl (C=O) groups is 2. The van der Waals surface area contributed by atoms with Gasteiger partial charge in [0.2, 0.25) is 5.91 Å². The molecule has 0 spiro atoms. The van der Waals surface area contributed by atoms with E-state index in [2.05, 4.69) is 29.5 Å². The van der Waals surface area contributed by atoms with Crippen molar-refractivity contribution in [3.63, 3.8) is 0 Å². The quantitative estimate of drug-likeness (QED) is 0.488. The average Bonchev–Trinajstić information content (AvgIpc) is 2.88. The standard InChI is InChI=1S/C29H34N4O2/c1-20(2)22-11-13-25(14-12-22)31-29(35)33-18-15-24(16-19-33)28(34)32-27(23-9-5-4-6-10-23)26-21(3)8-7-17-30-26/h4-14,17,20,24,27H,15-16,18-19H2,1-3H3,(H,31,35)(H,32,34). The Morgan fingerprint density at radius 1 is 0.914 bits per heavy atom. The van der Waals surface area contributed by atoms with Crippen LogP contribution in [0.1, 0.15) is 61.0 Å². The number of hydrogen-bond donors (Lipinski definition) is 2. The van der Waals surface area contributed by atoms with Crippen LogP contribution >= 0.6 is 0 Å². The molecule has 1 saturated heterocycles. The van der Waals surface area contributed by atoms with Gasteiger partial charge in [0.1, 0.15) is 0 Å². The summed E-state index contributed by atoms with van der Waals surface area (Å²) >= 11 is 0. The minimum absolute atomic E-state index is 0.00763. The van der Waals surface area contributed by atoms with Crippen LogP contribution in [-0.4, -0.2) is 34.9 Å². The summed E-state index contributed by atoms with van der Waals surface area (Å²) in [5, 5.41) is 6.22. The maximum absolute atomic E-state index is 13.3.